The van der Waals surface area contributed by atoms with Gasteiger partial charge >= 0.3 is 0 Å². The summed E-state index contributed by atoms with van der Waals surface area (Å²) in [4.78, 5) is 3.09. The van der Waals surface area contributed by atoms with Gasteiger partial charge in [0.1, 0.15) is 0 Å². The molecule has 0 aliphatic rings. The summed E-state index contributed by atoms with van der Waals surface area (Å²) in [5.41, 5.74) is 1.14. The first-order valence-corrected chi connectivity index (χ1v) is 4.16. The number of thiazole rings is 1. The Balaban J connectivity index is 0.000000605. The maximum absolute atomic E-state index is 4.98. The van der Waals surface area contributed by atoms with Crippen molar-refractivity contribution in [3.63, 3.8) is 0 Å². The SMILES string of the molecule is S=c1[nH]c2ccccc2s1.[Na].[Na]. The number of rotatable bonds is 0. The molecule has 5 heteroatoms. The largest absolute Gasteiger partial charge is 0.337 e. The van der Waals surface area contributed by atoms with Crippen LogP contribution in [0.25, 0.3) is 10.2 Å². The van der Waals surface area contributed by atoms with E-state index in [4.69, 9.17) is 12.2 Å². The number of benzene rings is 1. The van der Waals surface area contributed by atoms with Crippen LogP contribution in [0.15, 0.2) is 24.3 Å². The molecule has 0 bridgehead atoms. The van der Waals surface area contributed by atoms with Gasteiger partial charge in [-0.15, -0.1) is 11.3 Å². The van der Waals surface area contributed by atoms with Gasteiger partial charge in [-0.3, -0.25) is 0 Å². The van der Waals surface area contributed by atoms with E-state index < -0.39 is 0 Å². The minimum absolute atomic E-state index is 0. The minimum Gasteiger partial charge on any atom is -0.337 e. The number of aromatic nitrogens is 1. The summed E-state index contributed by atoms with van der Waals surface area (Å²) in [6, 6.07) is 8.11. The van der Waals surface area contributed by atoms with Crippen molar-refractivity contribution in [1.82, 2.24) is 4.98 Å². The second-order valence-corrected chi connectivity index (χ2v) is 3.73. The van der Waals surface area contributed by atoms with Crippen LogP contribution >= 0.6 is 23.6 Å². The van der Waals surface area contributed by atoms with Gasteiger partial charge in [-0.05, 0) is 24.4 Å². The van der Waals surface area contributed by atoms with Gasteiger partial charge in [-0.2, -0.15) is 0 Å². The van der Waals surface area contributed by atoms with Crippen molar-refractivity contribution in [3.05, 3.63) is 28.2 Å². The Morgan fingerprint density at radius 3 is 2.50 bits per heavy atom. The third-order valence-electron chi connectivity index (χ3n) is 1.33. The predicted molar refractivity (Wildman–Crippen MR) is 58.5 cm³/mol. The zero-order valence-electron chi connectivity index (χ0n) is 7.13. The van der Waals surface area contributed by atoms with Crippen LogP contribution in [0.4, 0.5) is 0 Å². The molecular weight excluding hydrogens is 208 g/mol. The van der Waals surface area contributed by atoms with Crippen molar-refractivity contribution in [1.29, 1.82) is 0 Å². The van der Waals surface area contributed by atoms with E-state index >= 15 is 0 Å². The van der Waals surface area contributed by atoms with Crippen LogP contribution in [0.2, 0.25) is 0 Å². The van der Waals surface area contributed by atoms with Crippen LogP contribution in [0.3, 0.4) is 0 Å². The van der Waals surface area contributed by atoms with Crippen molar-refractivity contribution >= 4 is 92.9 Å². The Hall–Kier alpha value is 1.33. The third-order valence-corrected chi connectivity index (χ3v) is 2.54. The Morgan fingerprint density at radius 2 is 1.83 bits per heavy atom. The number of aromatic amines is 1. The van der Waals surface area contributed by atoms with Gasteiger partial charge in [0.05, 0.1) is 10.2 Å². The first kappa shape index (κ1) is 13.3. The smallest absolute Gasteiger partial charge is 0.159 e. The fourth-order valence-electron chi connectivity index (χ4n) is 0.894. The molecule has 0 spiro atoms. The topological polar surface area (TPSA) is 15.8 Å². The predicted octanol–water partition coefficient (Wildman–Crippen LogP) is 2.20. The van der Waals surface area contributed by atoms with E-state index in [0.717, 1.165) is 9.47 Å². The molecule has 1 nitrogen and oxygen atoms in total. The third kappa shape index (κ3) is 2.93. The van der Waals surface area contributed by atoms with E-state index in [1.165, 1.54) is 4.70 Å². The van der Waals surface area contributed by atoms with Crippen LogP contribution in [-0.4, -0.2) is 64.1 Å². The number of hydrogen-bond acceptors (Lipinski definition) is 2. The van der Waals surface area contributed by atoms with E-state index in [-0.39, 0.29) is 59.1 Å². The Labute approximate surface area is 124 Å². The first-order chi connectivity index (χ1) is 4.86. The summed E-state index contributed by atoms with van der Waals surface area (Å²) >= 11 is 6.59. The molecular formula is C7H5NNa2S2. The summed E-state index contributed by atoms with van der Waals surface area (Å²) in [6.07, 6.45) is 0. The number of nitrogens with one attached hydrogen (secondary N) is 1. The van der Waals surface area contributed by atoms with Crippen LogP contribution in [0.1, 0.15) is 0 Å². The molecule has 0 aliphatic carbocycles. The minimum atomic E-state index is 0. The molecule has 12 heavy (non-hydrogen) atoms. The summed E-state index contributed by atoms with van der Waals surface area (Å²) in [6.45, 7) is 0. The maximum Gasteiger partial charge on any atom is 0.159 e. The second-order valence-electron chi connectivity index (χ2n) is 2.01. The summed E-state index contributed by atoms with van der Waals surface area (Å²) < 4.78 is 2.08. The fraction of sp³-hybridized carbons (Fsp3) is 0. The van der Waals surface area contributed by atoms with Gasteiger partial charge in [-0.25, -0.2) is 0 Å². The molecule has 2 aromatic rings. The van der Waals surface area contributed by atoms with E-state index in [0.29, 0.717) is 0 Å². The summed E-state index contributed by atoms with van der Waals surface area (Å²) in [5, 5.41) is 0. The van der Waals surface area contributed by atoms with Gasteiger partial charge in [-0.1, -0.05) is 12.1 Å². The molecule has 0 saturated carbocycles. The van der Waals surface area contributed by atoms with Gasteiger partial charge in [0.25, 0.3) is 0 Å². The average Bonchev–Trinajstić information content (AvgIpc) is 2.27. The molecule has 52 valence electrons. The normalized spacial score (nSPS) is 8.67. The molecule has 0 saturated heterocycles. The Morgan fingerprint density at radius 1 is 1.17 bits per heavy atom. The molecule has 2 rings (SSSR count). The fourth-order valence-corrected chi connectivity index (χ4v) is 2.01. The van der Waals surface area contributed by atoms with Crippen molar-refractivity contribution in [2.75, 3.05) is 0 Å². The van der Waals surface area contributed by atoms with Crippen molar-refractivity contribution < 1.29 is 0 Å². The van der Waals surface area contributed by atoms with E-state index in [2.05, 4.69) is 11.1 Å². The van der Waals surface area contributed by atoms with Crippen molar-refractivity contribution in [3.8, 4) is 0 Å². The molecule has 0 amide bonds. The molecule has 1 N–H and O–H groups in total. The maximum atomic E-state index is 4.98. The van der Waals surface area contributed by atoms with Gasteiger partial charge in [0.2, 0.25) is 0 Å². The zero-order chi connectivity index (χ0) is 6.97. The molecule has 0 atom stereocenters. The van der Waals surface area contributed by atoms with E-state index in [1.807, 2.05) is 18.2 Å². The second kappa shape index (κ2) is 5.94. The van der Waals surface area contributed by atoms with Crippen LogP contribution < -0.4 is 0 Å². The number of fused-ring (bicyclic) bond motifs is 1. The molecule has 0 unspecified atom stereocenters. The zero-order valence-corrected chi connectivity index (χ0v) is 12.8. The average molecular weight is 213 g/mol. The number of H-pyrrole nitrogens is 1. The van der Waals surface area contributed by atoms with E-state index in [1.54, 1.807) is 11.3 Å². The summed E-state index contributed by atoms with van der Waals surface area (Å²) in [5.74, 6) is 0. The Kier molecular flexibility index (Phi) is 6.59. The van der Waals surface area contributed by atoms with Gasteiger partial charge in [0, 0.05) is 59.1 Å². The monoisotopic (exact) mass is 213 g/mol. The molecule has 1 aromatic carbocycles. The van der Waals surface area contributed by atoms with Crippen molar-refractivity contribution in [2.24, 2.45) is 0 Å². The number of para-hydroxylation sites is 1. The first-order valence-electron chi connectivity index (χ1n) is 2.94. The molecule has 1 heterocycles. The quantitative estimate of drug-likeness (QED) is 0.524. The number of hydrogen-bond donors (Lipinski definition) is 1. The van der Waals surface area contributed by atoms with Crippen LogP contribution in [0.5, 0.6) is 0 Å². The molecule has 2 radical (unpaired) electrons. The van der Waals surface area contributed by atoms with Crippen LogP contribution in [-0.2, 0) is 0 Å². The van der Waals surface area contributed by atoms with Gasteiger partial charge in [0.15, 0.2) is 3.95 Å². The summed E-state index contributed by atoms with van der Waals surface area (Å²) in [7, 11) is 0. The van der Waals surface area contributed by atoms with Gasteiger partial charge < -0.3 is 4.98 Å². The van der Waals surface area contributed by atoms with E-state index in [9.17, 15) is 0 Å². The van der Waals surface area contributed by atoms with Crippen molar-refractivity contribution in [2.45, 2.75) is 0 Å². The Bertz CT molecular complexity index is 371. The molecule has 1 aromatic heterocycles. The molecule has 0 fully saturated rings. The van der Waals surface area contributed by atoms with Crippen LogP contribution in [0, 0.1) is 3.95 Å². The molecule has 0 aliphatic heterocycles. The standard InChI is InChI=1S/C7H5NS2.2Na/c9-7-8-5-3-1-2-4-6(5)10-7;;/h1-4H,(H,8,9);;.